The van der Waals surface area contributed by atoms with Crippen molar-refractivity contribution in [2.45, 2.75) is 26.3 Å². The van der Waals surface area contributed by atoms with E-state index in [0.717, 1.165) is 39.1 Å². The summed E-state index contributed by atoms with van der Waals surface area (Å²) in [6.45, 7) is 4.57. The molecule has 1 unspecified atom stereocenters. The molecule has 0 aliphatic carbocycles. The van der Waals surface area contributed by atoms with E-state index in [4.69, 9.17) is 9.47 Å². The first kappa shape index (κ1) is 16.8. The number of benzene rings is 2. The number of ether oxygens (including phenoxy) is 2. The summed E-state index contributed by atoms with van der Waals surface area (Å²) in [6, 6.07) is 11.8. The van der Waals surface area contributed by atoms with E-state index in [1.807, 2.05) is 50.2 Å². The Morgan fingerprint density at radius 3 is 2.96 bits per heavy atom. The maximum Gasteiger partial charge on any atom is 0.258 e. The van der Waals surface area contributed by atoms with Gasteiger partial charge in [0.15, 0.2) is 6.61 Å². The zero-order chi connectivity index (χ0) is 17.1. The Labute approximate surface area is 150 Å². The molecule has 0 saturated carbocycles. The first-order chi connectivity index (χ1) is 11.5. The van der Waals surface area contributed by atoms with Gasteiger partial charge < -0.3 is 14.8 Å². The Morgan fingerprint density at radius 2 is 2.12 bits per heavy atom. The van der Waals surface area contributed by atoms with Crippen LogP contribution < -0.4 is 14.8 Å². The second-order valence-corrected chi connectivity index (χ2v) is 6.91. The van der Waals surface area contributed by atoms with Gasteiger partial charge in [0.1, 0.15) is 11.5 Å². The number of rotatable bonds is 4. The van der Waals surface area contributed by atoms with Crippen LogP contribution in [-0.2, 0) is 4.79 Å². The van der Waals surface area contributed by atoms with Gasteiger partial charge in [-0.05, 0) is 49.2 Å². The molecule has 1 aliphatic heterocycles. The Morgan fingerprint density at radius 1 is 1.29 bits per heavy atom. The average molecular weight is 390 g/mol. The van der Waals surface area contributed by atoms with Crippen LogP contribution in [0.5, 0.6) is 11.5 Å². The van der Waals surface area contributed by atoms with Gasteiger partial charge in [-0.15, -0.1) is 0 Å². The number of amides is 1. The fourth-order valence-corrected chi connectivity index (χ4v) is 3.14. The Kier molecular flexibility index (Phi) is 5.09. The summed E-state index contributed by atoms with van der Waals surface area (Å²) in [4.78, 5) is 12.3. The van der Waals surface area contributed by atoms with E-state index in [1.165, 1.54) is 0 Å². The number of halogens is 1. The molecule has 2 aromatic rings. The van der Waals surface area contributed by atoms with Crippen LogP contribution in [0.4, 0.5) is 0 Å². The van der Waals surface area contributed by atoms with Crippen molar-refractivity contribution in [1.82, 2.24) is 5.32 Å². The lowest BCUT2D eigenvalue weighted by Gasteiger charge is -2.27. The second-order valence-electron chi connectivity index (χ2n) is 6.00. The largest absolute Gasteiger partial charge is 0.493 e. The topological polar surface area (TPSA) is 47.6 Å². The molecule has 0 radical (unpaired) electrons. The molecule has 1 amide bonds. The molecule has 4 nitrogen and oxygen atoms in total. The van der Waals surface area contributed by atoms with Crippen LogP contribution in [0.25, 0.3) is 0 Å². The van der Waals surface area contributed by atoms with Gasteiger partial charge >= 0.3 is 0 Å². The van der Waals surface area contributed by atoms with E-state index >= 15 is 0 Å². The SMILES string of the molecule is Cc1ccc(C)c(OCC(=O)NC2CCOc3ccc(Br)cc32)c1. The van der Waals surface area contributed by atoms with Crippen molar-refractivity contribution in [3.63, 3.8) is 0 Å². The Hall–Kier alpha value is -2.01. The zero-order valence-electron chi connectivity index (χ0n) is 13.8. The normalized spacial score (nSPS) is 16.0. The summed E-state index contributed by atoms with van der Waals surface area (Å²) in [5.74, 6) is 1.44. The number of nitrogens with one attached hydrogen (secondary N) is 1. The summed E-state index contributed by atoms with van der Waals surface area (Å²) in [5, 5.41) is 3.04. The minimum atomic E-state index is -0.131. The van der Waals surface area contributed by atoms with Crippen molar-refractivity contribution < 1.29 is 14.3 Å². The third-order valence-electron chi connectivity index (χ3n) is 4.05. The lowest BCUT2D eigenvalue weighted by Crippen LogP contribution is -2.35. The third kappa shape index (κ3) is 3.90. The van der Waals surface area contributed by atoms with Crippen LogP contribution in [0.1, 0.15) is 29.2 Å². The monoisotopic (exact) mass is 389 g/mol. The van der Waals surface area contributed by atoms with Crippen LogP contribution in [0, 0.1) is 13.8 Å². The van der Waals surface area contributed by atoms with Crippen LogP contribution in [0.15, 0.2) is 40.9 Å². The molecule has 1 N–H and O–H groups in total. The van der Waals surface area contributed by atoms with Crippen LogP contribution in [0.3, 0.4) is 0 Å². The molecule has 2 aromatic carbocycles. The average Bonchev–Trinajstić information content (AvgIpc) is 2.56. The van der Waals surface area contributed by atoms with E-state index in [0.29, 0.717) is 6.61 Å². The molecule has 0 bridgehead atoms. The molecule has 0 aromatic heterocycles. The molecule has 3 rings (SSSR count). The molecular weight excluding hydrogens is 370 g/mol. The number of fused-ring (bicyclic) bond motifs is 1. The van der Waals surface area contributed by atoms with E-state index < -0.39 is 0 Å². The number of aryl methyl sites for hydroxylation is 2. The van der Waals surface area contributed by atoms with Crippen LogP contribution in [-0.4, -0.2) is 19.1 Å². The fourth-order valence-electron chi connectivity index (χ4n) is 2.76. The number of carbonyl (C=O) groups excluding carboxylic acids is 1. The summed E-state index contributed by atoms with van der Waals surface area (Å²) in [5.41, 5.74) is 3.13. The van der Waals surface area contributed by atoms with Crippen molar-refractivity contribution in [2.75, 3.05) is 13.2 Å². The van der Waals surface area contributed by atoms with Gasteiger partial charge in [-0.1, -0.05) is 28.1 Å². The van der Waals surface area contributed by atoms with Gasteiger partial charge in [0.05, 0.1) is 12.6 Å². The third-order valence-corrected chi connectivity index (χ3v) is 4.54. The highest BCUT2D eigenvalue weighted by Gasteiger charge is 2.23. The van der Waals surface area contributed by atoms with E-state index in [1.54, 1.807) is 0 Å². The molecule has 0 saturated heterocycles. The molecule has 0 fully saturated rings. The highest BCUT2D eigenvalue weighted by Crippen LogP contribution is 2.34. The predicted molar refractivity (Wildman–Crippen MR) is 96.5 cm³/mol. The van der Waals surface area contributed by atoms with Crippen molar-refractivity contribution in [3.05, 3.63) is 57.6 Å². The van der Waals surface area contributed by atoms with Gasteiger partial charge in [-0.3, -0.25) is 4.79 Å². The molecule has 126 valence electrons. The molecule has 1 aliphatic rings. The highest BCUT2D eigenvalue weighted by molar-refractivity contribution is 9.10. The van der Waals surface area contributed by atoms with Crippen LogP contribution in [0.2, 0.25) is 0 Å². The number of hydrogen-bond donors (Lipinski definition) is 1. The van der Waals surface area contributed by atoms with Gasteiger partial charge in [0.25, 0.3) is 5.91 Å². The highest BCUT2D eigenvalue weighted by atomic mass is 79.9. The van der Waals surface area contributed by atoms with E-state index in [-0.39, 0.29) is 18.6 Å². The minimum absolute atomic E-state index is 0.00495. The smallest absolute Gasteiger partial charge is 0.258 e. The maximum absolute atomic E-state index is 12.3. The second kappa shape index (κ2) is 7.26. The molecule has 0 spiro atoms. The van der Waals surface area contributed by atoms with Crippen molar-refractivity contribution in [3.8, 4) is 11.5 Å². The predicted octanol–water partition coefficient (Wildman–Crippen LogP) is 4.08. The van der Waals surface area contributed by atoms with Crippen LogP contribution >= 0.6 is 15.9 Å². The molecule has 24 heavy (non-hydrogen) atoms. The van der Waals surface area contributed by atoms with Gasteiger partial charge in [0.2, 0.25) is 0 Å². The van der Waals surface area contributed by atoms with Crippen molar-refractivity contribution in [2.24, 2.45) is 0 Å². The van der Waals surface area contributed by atoms with Crippen molar-refractivity contribution in [1.29, 1.82) is 0 Å². The molecule has 5 heteroatoms. The lowest BCUT2D eigenvalue weighted by molar-refractivity contribution is -0.124. The molecular formula is C19H20BrNO3. The maximum atomic E-state index is 12.3. The van der Waals surface area contributed by atoms with E-state index in [9.17, 15) is 4.79 Å². The van der Waals surface area contributed by atoms with Gasteiger partial charge in [-0.2, -0.15) is 0 Å². The standard InChI is InChI=1S/C19H20BrNO3/c1-12-3-4-13(2)18(9-12)24-11-19(22)21-16-7-8-23-17-6-5-14(20)10-15(16)17/h3-6,9-10,16H,7-8,11H2,1-2H3,(H,21,22). The first-order valence-corrected chi connectivity index (χ1v) is 8.74. The summed E-state index contributed by atoms with van der Waals surface area (Å²) >= 11 is 3.47. The Balaban J connectivity index is 1.64. The van der Waals surface area contributed by atoms with E-state index in [2.05, 4.69) is 21.2 Å². The quantitative estimate of drug-likeness (QED) is 0.856. The number of hydrogen-bond acceptors (Lipinski definition) is 3. The summed E-state index contributed by atoms with van der Waals surface area (Å²) in [7, 11) is 0. The summed E-state index contributed by atoms with van der Waals surface area (Å²) in [6.07, 6.45) is 0.749. The summed E-state index contributed by atoms with van der Waals surface area (Å²) < 4.78 is 12.3. The first-order valence-electron chi connectivity index (χ1n) is 7.94. The zero-order valence-corrected chi connectivity index (χ0v) is 15.4. The molecule has 1 heterocycles. The van der Waals surface area contributed by atoms with Gasteiger partial charge in [-0.25, -0.2) is 0 Å². The fraction of sp³-hybridized carbons (Fsp3) is 0.316. The van der Waals surface area contributed by atoms with Gasteiger partial charge in [0, 0.05) is 16.5 Å². The lowest BCUT2D eigenvalue weighted by atomic mass is 10.0. The minimum Gasteiger partial charge on any atom is -0.493 e. The Bertz CT molecular complexity index is 760. The van der Waals surface area contributed by atoms with Crippen molar-refractivity contribution >= 4 is 21.8 Å². The number of carbonyl (C=O) groups is 1. The molecule has 1 atom stereocenters.